The van der Waals surface area contributed by atoms with Crippen LogP contribution in [0.15, 0.2) is 0 Å². The van der Waals surface area contributed by atoms with Crippen LogP contribution in [0.5, 0.6) is 0 Å². The monoisotopic (exact) mass is 326 g/mol. The zero-order chi connectivity index (χ0) is 17.2. The molecular weight excluding hydrogens is 288 g/mol. The summed E-state index contributed by atoms with van der Waals surface area (Å²) in [4.78, 5) is 22.9. The first-order valence-electron chi connectivity index (χ1n) is 9.88. The Hall–Kier alpha value is -0.860. The van der Waals surface area contributed by atoms with Crippen molar-refractivity contribution >= 4 is 11.8 Å². The van der Waals surface area contributed by atoms with E-state index in [1.54, 1.807) is 0 Å². The number of unbranched alkanes of at least 4 members (excludes halogenated alkanes) is 10. The molecule has 0 heterocycles. The minimum absolute atomic E-state index is 0.0761. The fourth-order valence-corrected chi connectivity index (χ4v) is 2.76. The zero-order valence-corrected chi connectivity index (χ0v) is 15.5. The van der Waals surface area contributed by atoms with E-state index < -0.39 is 0 Å². The van der Waals surface area contributed by atoms with Gasteiger partial charge >= 0.3 is 5.97 Å². The molecule has 0 atom stereocenters. The van der Waals surface area contributed by atoms with Crippen LogP contribution in [0.1, 0.15) is 110 Å². The average Bonchev–Trinajstić information content (AvgIpc) is 2.53. The van der Waals surface area contributed by atoms with Crippen LogP contribution in [0.2, 0.25) is 0 Å². The van der Waals surface area contributed by atoms with E-state index in [0.717, 1.165) is 51.4 Å². The Balaban J connectivity index is 3.22. The highest BCUT2D eigenvalue weighted by molar-refractivity contribution is 5.78. The second-order valence-corrected chi connectivity index (χ2v) is 6.48. The third-order valence-corrected chi connectivity index (χ3v) is 4.20. The molecule has 0 saturated carbocycles. The van der Waals surface area contributed by atoms with Crippen molar-refractivity contribution in [3.8, 4) is 0 Å². The van der Waals surface area contributed by atoms with Crippen LogP contribution in [0.3, 0.4) is 0 Å². The van der Waals surface area contributed by atoms with E-state index in [2.05, 4.69) is 6.92 Å². The van der Waals surface area contributed by atoms with Crippen LogP contribution in [-0.2, 0) is 14.3 Å². The highest BCUT2D eigenvalue weighted by Crippen LogP contribution is 2.12. The molecule has 0 rings (SSSR count). The number of hydrogen-bond acceptors (Lipinski definition) is 3. The second kappa shape index (κ2) is 17.5. The third kappa shape index (κ3) is 17.3. The first-order valence-corrected chi connectivity index (χ1v) is 9.88. The van der Waals surface area contributed by atoms with Gasteiger partial charge in [0.2, 0.25) is 0 Å². The summed E-state index contributed by atoms with van der Waals surface area (Å²) < 4.78 is 4.90. The highest BCUT2D eigenvalue weighted by Gasteiger charge is 2.03. The van der Waals surface area contributed by atoms with E-state index in [0.29, 0.717) is 18.8 Å². The number of hydrogen-bond donors (Lipinski definition) is 0. The molecule has 0 aromatic rings. The summed E-state index contributed by atoms with van der Waals surface area (Å²) in [7, 11) is 0. The Bertz CT molecular complexity index is 287. The molecule has 0 unspecified atom stereocenters. The van der Waals surface area contributed by atoms with E-state index in [-0.39, 0.29) is 5.97 Å². The number of Topliss-reactive ketones (excluding diaryl/α,β-unsaturated/α-hetero) is 1. The Morgan fingerprint density at radius 3 is 1.52 bits per heavy atom. The van der Waals surface area contributed by atoms with Crippen molar-refractivity contribution in [3.05, 3.63) is 0 Å². The molecule has 0 spiro atoms. The van der Waals surface area contributed by atoms with Crippen LogP contribution in [0.4, 0.5) is 0 Å². The van der Waals surface area contributed by atoms with Gasteiger partial charge in [-0.2, -0.15) is 0 Å². The van der Waals surface area contributed by atoms with Crippen LogP contribution in [0.25, 0.3) is 0 Å². The number of esters is 1. The molecule has 0 bridgehead atoms. The summed E-state index contributed by atoms with van der Waals surface area (Å²) >= 11 is 0. The zero-order valence-electron chi connectivity index (χ0n) is 15.5. The Kier molecular flexibility index (Phi) is 16.8. The molecule has 0 aliphatic carbocycles. The Morgan fingerprint density at radius 1 is 0.609 bits per heavy atom. The van der Waals surface area contributed by atoms with Gasteiger partial charge in [-0.25, -0.2) is 0 Å². The molecule has 0 fully saturated rings. The molecular formula is C20H38O3. The molecule has 136 valence electrons. The summed E-state index contributed by atoms with van der Waals surface area (Å²) in [5, 5.41) is 0. The molecule has 3 nitrogen and oxygen atoms in total. The summed E-state index contributed by atoms with van der Waals surface area (Å²) in [6.07, 6.45) is 16.1. The smallest absolute Gasteiger partial charge is 0.305 e. The van der Waals surface area contributed by atoms with Gasteiger partial charge in [0.15, 0.2) is 0 Å². The number of ether oxygens (including phenoxy) is 1. The van der Waals surface area contributed by atoms with E-state index in [4.69, 9.17) is 4.74 Å². The van der Waals surface area contributed by atoms with E-state index in [9.17, 15) is 9.59 Å². The molecule has 0 aliphatic rings. The Labute approximate surface area is 143 Å². The maximum atomic E-state index is 11.8. The first-order chi connectivity index (χ1) is 11.2. The number of rotatable bonds is 17. The van der Waals surface area contributed by atoms with E-state index in [1.807, 2.05) is 6.92 Å². The van der Waals surface area contributed by atoms with Crippen molar-refractivity contribution in [1.29, 1.82) is 0 Å². The SMILES string of the molecule is CCCCCCCCC(=O)CCCCCCCCC(=O)OCC. The lowest BCUT2D eigenvalue weighted by Gasteiger charge is -2.03. The minimum Gasteiger partial charge on any atom is -0.466 e. The lowest BCUT2D eigenvalue weighted by Crippen LogP contribution is -2.03. The topological polar surface area (TPSA) is 43.4 Å². The number of carbonyl (C=O) groups excluding carboxylic acids is 2. The lowest BCUT2D eigenvalue weighted by atomic mass is 10.0. The minimum atomic E-state index is -0.0761. The second-order valence-electron chi connectivity index (χ2n) is 6.48. The van der Waals surface area contributed by atoms with Gasteiger partial charge in [-0.1, -0.05) is 64.7 Å². The fraction of sp³-hybridized carbons (Fsp3) is 0.900. The first kappa shape index (κ1) is 22.1. The maximum absolute atomic E-state index is 11.8. The lowest BCUT2D eigenvalue weighted by molar-refractivity contribution is -0.143. The third-order valence-electron chi connectivity index (χ3n) is 4.20. The number of carbonyl (C=O) groups is 2. The molecule has 0 saturated heterocycles. The van der Waals surface area contributed by atoms with Gasteiger partial charge in [-0.15, -0.1) is 0 Å². The van der Waals surface area contributed by atoms with Crippen molar-refractivity contribution in [3.63, 3.8) is 0 Å². The van der Waals surface area contributed by atoms with Crippen LogP contribution in [0, 0.1) is 0 Å². The predicted octanol–water partition coefficient (Wildman–Crippen LogP) is 5.99. The van der Waals surface area contributed by atoms with Gasteiger partial charge in [0.05, 0.1) is 6.61 Å². The molecule has 23 heavy (non-hydrogen) atoms. The molecule has 0 N–H and O–H groups in total. The van der Waals surface area contributed by atoms with Gasteiger partial charge < -0.3 is 4.74 Å². The van der Waals surface area contributed by atoms with Crippen LogP contribution >= 0.6 is 0 Å². The van der Waals surface area contributed by atoms with Crippen molar-refractivity contribution in [2.75, 3.05) is 6.61 Å². The standard InChI is InChI=1S/C20H38O3/c1-3-5-6-7-10-13-16-19(21)17-14-11-8-9-12-15-18-20(22)23-4-2/h3-18H2,1-2H3. The Morgan fingerprint density at radius 2 is 1.04 bits per heavy atom. The fourth-order valence-electron chi connectivity index (χ4n) is 2.76. The van der Waals surface area contributed by atoms with Crippen molar-refractivity contribution < 1.29 is 14.3 Å². The molecule has 0 radical (unpaired) electrons. The molecule has 0 amide bonds. The van der Waals surface area contributed by atoms with Crippen molar-refractivity contribution in [2.45, 2.75) is 110 Å². The summed E-state index contributed by atoms with van der Waals surface area (Å²) in [5.74, 6) is 0.371. The van der Waals surface area contributed by atoms with Crippen LogP contribution in [-0.4, -0.2) is 18.4 Å². The van der Waals surface area contributed by atoms with Crippen LogP contribution < -0.4 is 0 Å². The number of ketones is 1. The van der Waals surface area contributed by atoms with Crippen molar-refractivity contribution in [2.24, 2.45) is 0 Å². The average molecular weight is 327 g/mol. The van der Waals surface area contributed by atoms with Crippen molar-refractivity contribution in [1.82, 2.24) is 0 Å². The van der Waals surface area contributed by atoms with Gasteiger partial charge in [-0.3, -0.25) is 9.59 Å². The van der Waals surface area contributed by atoms with Gasteiger partial charge in [0.1, 0.15) is 5.78 Å². The molecule has 0 aromatic heterocycles. The highest BCUT2D eigenvalue weighted by atomic mass is 16.5. The summed E-state index contributed by atoms with van der Waals surface area (Å²) in [6.45, 7) is 4.54. The van der Waals surface area contributed by atoms with Gasteiger partial charge in [0, 0.05) is 19.3 Å². The largest absolute Gasteiger partial charge is 0.466 e. The maximum Gasteiger partial charge on any atom is 0.305 e. The van der Waals surface area contributed by atoms with E-state index >= 15 is 0 Å². The molecule has 3 heteroatoms. The summed E-state index contributed by atoms with van der Waals surface area (Å²) in [5.41, 5.74) is 0. The van der Waals surface area contributed by atoms with Gasteiger partial charge in [0.25, 0.3) is 0 Å². The van der Waals surface area contributed by atoms with Gasteiger partial charge in [-0.05, 0) is 26.2 Å². The quantitative estimate of drug-likeness (QED) is 0.243. The predicted molar refractivity (Wildman–Crippen MR) is 96.6 cm³/mol. The molecule has 0 aliphatic heterocycles. The molecule has 0 aromatic carbocycles. The van der Waals surface area contributed by atoms with E-state index in [1.165, 1.54) is 38.5 Å². The summed E-state index contributed by atoms with van der Waals surface area (Å²) in [6, 6.07) is 0. The normalized spacial score (nSPS) is 10.7.